The molecule has 2 heterocycles. The van der Waals surface area contributed by atoms with E-state index in [1.807, 2.05) is 6.92 Å². The molecule has 3 aromatic rings. The fourth-order valence-electron chi connectivity index (χ4n) is 1.96. The SMILES string of the molecule is Cc1ncn2cc(-c3c(F)ccc(N)c3F)ncc12. The van der Waals surface area contributed by atoms with Gasteiger partial charge in [-0.3, -0.25) is 4.98 Å². The Morgan fingerprint density at radius 2 is 2.00 bits per heavy atom. The van der Waals surface area contributed by atoms with Gasteiger partial charge in [-0.15, -0.1) is 0 Å². The van der Waals surface area contributed by atoms with Gasteiger partial charge in [-0.05, 0) is 19.1 Å². The molecule has 0 fully saturated rings. The molecular weight excluding hydrogens is 250 g/mol. The van der Waals surface area contributed by atoms with E-state index in [4.69, 9.17) is 5.73 Å². The molecule has 0 saturated heterocycles. The van der Waals surface area contributed by atoms with Crippen LogP contribution < -0.4 is 5.73 Å². The molecule has 0 aliphatic carbocycles. The van der Waals surface area contributed by atoms with Crippen molar-refractivity contribution >= 4 is 11.2 Å². The largest absolute Gasteiger partial charge is 0.396 e. The summed E-state index contributed by atoms with van der Waals surface area (Å²) in [5.74, 6) is -1.50. The van der Waals surface area contributed by atoms with E-state index in [1.54, 1.807) is 10.7 Å². The fourth-order valence-corrected chi connectivity index (χ4v) is 1.96. The van der Waals surface area contributed by atoms with Crippen LogP contribution in [0.15, 0.2) is 30.9 Å². The lowest BCUT2D eigenvalue weighted by Gasteiger charge is -2.07. The quantitative estimate of drug-likeness (QED) is 0.684. The molecule has 0 saturated carbocycles. The molecule has 0 amide bonds. The third kappa shape index (κ3) is 1.72. The number of hydrogen-bond acceptors (Lipinski definition) is 3. The van der Waals surface area contributed by atoms with Crippen LogP contribution in [-0.2, 0) is 0 Å². The number of benzene rings is 1. The number of halogens is 2. The van der Waals surface area contributed by atoms with Crippen molar-refractivity contribution in [3.63, 3.8) is 0 Å². The Morgan fingerprint density at radius 3 is 2.79 bits per heavy atom. The Kier molecular flexibility index (Phi) is 2.45. The summed E-state index contributed by atoms with van der Waals surface area (Å²) < 4.78 is 29.4. The van der Waals surface area contributed by atoms with Crippen molar-refractivity contribution in [3.8, 4) is 11.3 Å². The molecule has 96 valence electrons. The summed E-state index contributed by atoms with van der Waals surface area (Å²) in [4.78, 5) is 8.18. The zero-order valence-electron chi connectivity index (χ0n) is 10.1. The molecular formula is C13H10F2N4. The van der Waals surface area contributed by atoms with Gasteiger partial charge in [-0.25, -0.2) is 13.8 Å². The first kappa shape index (κ1) is 11.6. The van der Waals surface area contributed by atoms with Gasteiger partial charge >= 0.3 is 0 Å². The molecule has 1 aromatic carbocycles. The van der Waals surface area contributed by atoms with Gasteiger partial charge in [0, 0.05) is 6.20 Å². The number of rotatable bonds is 1. The maximum absolute atomic E-state index is 13.9. The van der Waals surface area contributed by atoms with Crippen molar-refractivity contribution in [3.05, 3.63) is 48.2 Å². The third-order valence-electron chi connectivity index (χ3n) is 2.99. The van der Waals surface area contributed by atoms with Gasteiger partial charge in [-0.2, -0.15) is 0 Å². The minimum atomic E-state index is -0.802. The number of nitrogens with two attached hydrogens (primary N) is 1. The van der Waals surface area contributed by atoms with Gasteiger partial charge in [0.2, 0.25) is 0 Å². The zero-order chi connectivity index (χ0) is 13.6. The van der Waals surface area contributed by atoms with Crippen LogP contribution in [0.5, 0.6) is 0 Å². The summed E-state index contributed by atoms with van der Waals surface area (Å²) >= 11 is 0. The highest BCUT2D eigenvalue weighted by atomic mass is 19.1. The maximum atomic E-state index is 13.9. The molecule has 0 aliphatic heterocycles. The number of hydrogen-bond donors (Lipinski definition) is 1. The first-order valence-corrected chi connectivity index (χ1v) is 5.61. The van der Waals surface area contributed by atoms with E-state index in [0.717, 1.165) is 17.3 Å². The van der Waals surface area contributed by atoms with Crippen molar-refractivity contribution in [2.24, 2.45) is 0 Å². The second-order valence-electron chi connectivity index (χ2n) is 4.22. The Morgan fingerprint density at radius 1 is 1.21 bits per heavy atom. The summed E-state index contributed by atoms with van der Waals surface area (Å²) in [7, 11) is 0. The van der Waals surface area contributed by atoms with Crippen LogP contribution in [0.25, 0.3) is 16.8 Å². The van der Waals surface area contributed by atoms with Crippen LogP contribution in [-0.4, -0.2) is 14.4 Å². The molecule has 6 heteroatoms. The number of imidazole rings is 1. The number of aromatic nitrogens is 3. The monoisotopic (exact) mass is 260 g/mol. The topological polar surface area (TPSA) is 56.2 Å². The van der Waals surface area contributed by atoms with E-state index >= 15 is 0 Å². The lowest BCUT2D eigenvalue weighted by molar-refractivity contribution is 0.591. The van der Waals surface area contributed by atoms with Crippen LogP contribution in [0.3, 0.4) is 0 Å². The third-order valence-corrected chi connectivity index (χ3v) is 2.99. The van der Waals surface area contributed by atoms with Gasteiger partial charge in [0.1, 0.15) is 5.82 Å². The van der Waals surface area contributed by atoms with Crippen LogP contribution in [0.4, 0.5) is 14.5 Å². The van der Waals surface area contributed by atoms with Crippen molar-refractivity contribution < 1.29 is 8.78 Å². The normalized spacial score (nSPS) is 11.1. The lowest BCUT2D eigenvalue weighted by atomic mass is 10.1. The Bertz CT molecular complexity index is 780. The van der Waals surface area contributed by atoms with Crippen LogP contribution in [0.1, 0.15) is 5.69 Å². The van der Waals surface area contributed by atoms with Crippen LogP contribution in [0.2, 0.25) is 0 Å². The first-order valence-electron chi connectivity index (χ1n) is 5.61. The average Bonchev–Trinajstić information content (AvgIpc) is 2.76. The maximum Gasteiger partial charge on any atom is 0.158 e. The number of nitrogen functional groups attached to an aromatic ring is 1. The summed E-state index contributed by atoms with van der Waals surface area (Å²) in [5.41, 5.74) is 6.87. The van der Waals surface area contributed by atoms with Crippen LogP contribution >= 0.6 is 0 Å². The molecule has 0 bridgehead atoms. The predicted molar refractivity (Wildman–Crippen MR) is 67.5 cm³/mol. The molecule has 19 heavy (non-hydrogen) atoms. The highest BCUT2D eigenvalue weighted by Crippen LogP contribution is 2.28. The summed E-state index contributed by atoms with van der Waals surface area (Å²) in [6.07, 6.45) is 4.62. The van der Waals surface area contributed by atoms with Gasteiger partial charge < -0.3 is 10.1 Å². The highest BCUT2D eigenvalue weighted by molar-refractivity contribution is 5.67. The summed E-state index contributed by atoms with van der Waals surface area (Å²) in [5, 5.41) is 0. The zero-order valence-corrected chi connectivity index (χ0v) is 10.1. The van der Waals surface area contributed by atoms with Crippen molar-refractivity contribution in [2.45, 2.75) is 6.92 Å². The van der Waals surface area contributed by atoms with E-state index in [0.29, 0.717) is 0 Å². The minimum absolute atomic E-state index is 0.111. The fraction of sp³-hybridized carbons (Fsp3) is 0.0769. The van der Waals surface area contributed by atoms with E-state index in [2.05, 4.69) is 9.97 Å². The van der Waals surface area contributed by atoms with E-state index in [9.17, 15) is 8.78 Å². The van der Waals surface area contributed by atoms with E-state index < -0.39 is 11.6 Å². The molecule has 0 radical (unpaired) electrons. The molecule has 0 spiro atoms. The molecule has 0 aliphatic rings. The second kappa shape index (κ2) is 4.01. The van der Waals surface area contributed by atoms with Crippen molar-refractivity contribution in [1.82, 2.24) is 14.4 Å². The van der Waals surface area contributed by atoms with Gasteiger partial charge in [0.05, 0.1) is 40.7 Å². The smallest absolute Gasteiger partial charge is 0.158 e. The second-order valence-corrected chi connectivity index (χ2v) is 4.22. The lowest BCUT2D eigenvalue weighted by Crippen LogP contribution is -1.99. The molecule has 0 atom stereocenters. The average molecular weight is 260 g/mol. The van der Waals surface area contributed by atoms with Gasteiger partial charge in [-0.1, -0.05) is 0 Å². The summed E-state index contributed by atoms with van der Waals surface area (Å²) in [6.45, 7) is 1.83. The molecule has 2 N–H and O–H groups in total. The van der Waals surface area contributed by atoms with Gasteiger partial charge in [0.25, 0.3) is 0 Å². The molecule has 4 nitrogen and oxygen atoms in total. The van der Waals surface area contributed by atoms with Gasteiger partial charge in [0.15, 0.2) is 5.82 Å². The number of aryl methyl sites for hydroxylation is 1. The Hall–Kier alpha value is -2.50. The van der Waals surface area contributed by atoms with E-state index in [-0.39, 0.29) is 16.9 Å². The minimum Gasteiger partial charge on any atom is -0.396 e. The molecule has 3 rings (SSSR count). The Labute approximate surface area is 107 Å². The number of anilines is 1. The molecule has 0 unspecified atom stereocenters. The van der Waals surface area contributed by atoms with Crippen molar-refractivity contribution in [2.75, 3.05) is 5.73 Å². The standard InChI is InChI=1S/C13H10F2N4/c1-7-11-4-17-10(5-19(11)6-18-7)12-8(14)2-3-9(16)13(12)15/h2-6H,16H2,1H3. The van der Waals surface area contributed by atoms with Crippen LogP contribution in [0, 0.1) is 18.6 Å². The predicted octanol–water partition coefficient (Wildman–Crippen LogP) is 2.57. The number of nitrogens with zero attached hydrogens (tertiary/aromatic N) is 3. The number of fused-ring (bicyclic) bond motifs is 1. The highest BCUT2D eigenvalue weighted by Gasteiger charge is 2.16. The summed E-state index contributed by atoms with van der Waals surface area (Å²) in [6, 6.07) is 2.31. The first-order chi connectivity index (χ1) is 9.08. The molecule has 2 aromatic heterocycles. The Balaban J connectivity index is 2.27. The van der Waals surface area contributed by atoms with Crippen molar-refractivity contribution in [1.29, 1.82) is 0 Å². The van der Waals surface area contributed by atoms with E-state index in [1.165, 1.54) is 18.5 Å².